The molecule has 0 rings (SSSR count). The lowest BCUT2D eigenvalue weighted by Gasteiger charge is -1.99. The monoisotopic (exact) mass is 100 g/mol. The molecule has 0 saturated heterocycles. The zero-order chi connectivity index (χ0) is 5.70. The van der Waals surface area contributed by atoms with E-state index in [0.29, 0.717) is 12.6 Å². The van der Waals surface area contributed by atoms with Crippen molar-refractivity contribution in [3.05, 3.63) is 0 Å². The highest BCUT2D eigenvalue weighted by molar-refractivity contribution is 5.52. The third kappa shape index (κ3) is 5.63. The first kappa shape index (κ1) is 6.63. The molecular formula is C5H10NO. The third-order valence-electron chi connectivity index (χ3n) is 0.582. The fraction of sp³-hybridized carbons (Fsp3) is 0.800. The van der Waals surface area contributed by atoms with Crippen molar-refractivity contribution in [1.82, 2.24) is 5.32 Å². The maximum absolute atomic E-state index is 9.52. The molecule has 0 saturated carbocycles. The maximum atomic E-state index is 9.52. The van der Waals surface area contributed by atoms with Gasteiger partial charge in [-0.2, -0.15) is 0 Å². The second kappa shape index (κ2) is 3.81. The largest absolute Gasteiger partial charge is 0.307 e. The van der Waals surface area contributed by atoms with Gasteiger partial charge in [0.1, 0.15) is 0 Å². The normalized spacial score (nSPS) is 9.57. The lowest BCUT2D eigenvalue weighted by Crippen LogP contribution is -2.24. The lowest BCUT2D eigenvalue weighted by molar-refractivity contribution is 0.539. The number of hydrogen-bond donors (Lipinski definition) is 1. The summed E-state index contributed by atoms with van der Waals surface area (Å²) in [5.41, 5.74) is 0. The second-order valence-electron chi connectivity index (χ2n) is 1.68. The SMILES string of the molecule is CC(C)NC[C]=O. The van der Waals surface area contributed by atoms with E-state index >= 15 is 0 Å². The Morgan fingerprint density at radius 3 is 2.43 bits per heavy atom. The Hall–Kier alpha value is -0.370. The smallest absolute Gasteiger partial charge is 0.213 e. The Bertz CT molecular complexity index is 52.0. The molecule has 0 aromatic rings. The second-order valence-corrected chi connectivity index (χ2v) is 1.68. The van der Waals surface area contributed by atoms with E-state index in [2.05, 4.69) is 5.32 Å². The highest BCUT2D eigenvalue weighted by Gasteiger charge is 1.86. The standard InChI is InChI=1S/C5H10NO/c1-5(2)6-3-4-7/h5-6H,3H2,1-2H3. The van der Waals surface area contributed by atoms with Gasteiger partial charge >= 0.3 is 0 Å². The van der Waals surface area contributed by atoms with E-state index in [-0.39, 0.29) is 0 Å². The summed E-state index contributed by atoms with van der Waals surface area (Å²) in [5, 5.41) is 2.87. The van der Waals surface area contributed by atoms with Crippen LogP contribution in [0.3, 0.4) is 0 Å². The summed E-state index contributed by atoms with van der Waals surface area (Å²) < 4.78 is 0. The summed E-state index contributed by atoms with van der Waals surface area (Å²) in [6.07, 6.45) is 1.74. The summed E-state index contributed by atoms with van der Waals surface area (Å²) in [7, 11) is 0. The fourth-order valence-electron chi connectivity index (χ4n) is 0.246. The van der Waals surface area contributed by atoms with E-state index in [1.807, 2.05) is 13.8 Å². The summed E-state index contributed by atoms with van der Waals surface area (Å²) in [6.45, 7) is 4.31. The quantitative estimate of drug-likeness (QED) is 0.544. The third-order valence-corrected chi connectivity index (χ3v) is 0.582. The number of hydrogen-bond acceptors (Lipinski definition) is 2. The van der Waals surface area contributed by atoms with Crippen LogP contribution in [-0.2, 0) is 4.79 Å². The van der Waals surface area contributed by atoms with Gasteiger partial charge in [0.2, 0.25) is 6.29 Å². The molecule has 41 valence electrons. The molecule has 0 aliphatic carbocycles. The number of carbonyl (C=O) groups excluding carboxylic acids is 1. The molecule has 0 unspecified atom stereocenters. The van der Waals surface area contributed by atoms with Gasteiger partial charge in [-0.1, -0.05) is 13.8 Å². The summed E-state index contributed by atoms with van der Waals surface area (Å²) >= 11 is 0. The van der Waals surface area contributed by atoms with Crippen molar-refractivity contribution < 1.29 is 4.79 Å². The van der Waals surface area contributed by atoms with Gasteiger partial charge < -0.3 is 5.32 Å². The average Bonchev–Trinajstić information content (AvgIpc) is 1.61. The summed E-state index contributed by atoms with van der Waals surface area (Å²) in [5.74, 6) is 0. The van der Waals surface area contributed by atoms with E-state index < -0.39 is 0 Å². The zero-order valence-electron chi connectivity index (χ0n) is 4.69. The molecule has 0 amide bonds. The minimum Gasteiger partial charge on any atom is -0.307 e. The molecule has 2 heteroatoms. The summed E-state index contributed by atoms with van der Waals surface area (Å²) in [6, 6.07) is 0.390. The van der Waals surface area contributed by atoms with Gasteiger partial charge in [-0.3, -0.25) is 4.79 Å². The topological polar surface area (TPSA) is 29.1 Å². The van der Waals surface area contributed by atoms with E-state index in [0.717, 1.165) is 0 Å². The molecule has 0 spiro atoms. The van der Waals surface area contributed by atoms with Gasteiger partial charge in [0.15, 0.2) is 0 Å². The van der Waals surface area contributed by atoms with Crippen molar-refractivity contribution in [3.8, 4) is 0 Å². The Kier molecular flexibility index (Phi) is 3.61. The molecule has 0 aliphatic heterocycles. The van der Waals surface area contributed by atoms with Crippen LogP contribution in [0.5, 0.6) is 0 Å². The fourth-order valence-corrected chi connectivity index (χ4v) is 0.246. The Balaban J connectivity index is 2.81. The predicted molar refractivity (Wildman–Crippen MR) is 28.8 cm³/mol. The summed E-state index contributed by atoms with van der Waals surface area (Å²) in [4.78, 5) is 9.52. The molecule has 0 fully saturated rings. The highest BCUT2D eigenvalue weighted by Crippen LogP contribution is 1.70. The first-order valence-corrected chi connectivity index (χ1v) is 2.35. The van der Waals surface area contributed by atoms with Crippen LogP contribution < -0.4 is 5.32 Å². The van der Waals surface area contributed by atoms with Crippen LogP contribution in [0.2, 0.25) is 0 Å². The van der Waals surface area contributed by atoms with E-state index in [9.17, 15) is 4.79 Å². The van der Waals surface area contributed by atoms with Gasteiger partial charge in [0, 0.05) is 6.04 Å². The number of nitrogens with one attached hydrogen (secondary N) is 1. The van der Waals surface area contributed by atoms with Crippen molar-refractivity contribution in [2.75, 3.05) is 6.54 Å². The van der Waals surface area contributed by atoms with Crippen molar-refractivity contribution in [1.29, 1.82) is 0 Å². The van der Waals surface area contributed by atoms with Crippen LogP contribution in [-0.4, -0.2) is 18.9 Å². The minimum atomic E-state index is 0.345. The van der Waals surface area contributed by atoms with Crippen LogP contribution in [0.1, 0.15) is 13.8 Å². The highest BCUT2D eigenvalue weighted by atomic mass is 16.1. The molecule has 0 atom stereocenters. The first-order chi connectivity index (χ1) is 3.27. The Labute approximate surface area is 43.9 Å². The van der Waals surface area contributed by atoms with Crippen molar-refractivity contribution in [2.24, 2.45) is 0 Å². The van der Waals surface area contributed by atoms with Crippen LogP contribution in [0, 0.1) is 0 Å². The van der Waals surface area contributed by atoms with Crippen LogP contribution in [0.15, 0.2) is 0 Å². The zero-order valence-corrected chi connectivity index (χ0v) is 4.69. The average molecular weight is 100 g/mol. The molecule has 0 bridgehead atoms. The molecule has 0 aliphatic rings. The lowest BCUT2D eigenvalue weighted by atomic mass is 10.4. The van der Waals surface area contributed by atoms with Crippen LogP contribution >= 0.6 is 0 Å². The van der Waals surface area contributed by atoms with E-state index in [4.69, 9.17) is 0 Å². The molecule has 0 aromatic carbocycles. The first-order valence-electron chi connectivity index (χ1n) is 2.35. The van der Waals surface area contributed by atoms with Crippen LogP contribution in [0.25, 0.3) is 0 Å². The van der Waals surface area contributed by atoms with Gasteiger partial charge in [0.25, 0.3) is 0 Å². The van der Waals surface area contributed by atoms with Gasteiger partial charge in [-0.25, -0.2) is 0 Å². The minimum absolute atomic E-state index is 0.345. The molecule has 0 aromatic heterocycles. The molecule has 0 heterocycles. The Morgan fingerprint density at radius 1 is 1.71 bits per heavy atom. The van der Waals surface area contributed by atoms with Gasteiger partial charge in [-0.15, -0.1) is 0 Å². The number of rotatable bonds is 3. The van der Waals surface area contributed by atoms with E-state index in [1.54, 1.807) is 6.29 Å². The van der Waals surface area contributed by atoms with E-state index in [1.165, 1.54) is 0 Å². The molecule has 7 heavy (non-hydrogen) atoms. The molecular weight excluding hydrogens is 90.1 g/mol. The van der Waals surface area contributed by atoms with Crippen molar-refractivity contribution in [3.63, 3.8) is 0 Å². The van der Waals surface area contributed by atoms with Crippen molar-refractivity contribution in [2.45, 2.75) is 19.9 Å². The molecule has 2 nitrogen and oxygen atoms in total. The molecule has 1 radical (unpaired) electrons. The van der Waals surface area contributed by atoms with Gasteiger partial charge in [0.05, 0.1) is 6.54 Å². The predicted octanol–water partition coefficient (Wildman–Crippen LogP) is 0.0941. The Morgan fingerprint density at radius 2 is 2.29 bits per heavy atom. The van der Waals surface area contributed by atoms with Crippen LogP contribution in [0.4, 0.5) is 0 Å². The van der Waals surface area contributed by atoms with Gasteiger partial charge in [-0.05, 0) is 0 Å². The van der Waals surface area contributed by atoms with Crippen molar-refractivity contribution >= 4 is 6.29 Å². The maximum Gasteiger partial charge on any atom is 0.213 e. The molecule has 1 N–H and O–H groups in total.